The summed E-state index contributed by atoms with van der Waals surface area (Å²) in [7, 11) is 0. The Morgan fingerprint density at radius 1 is 1.00 bits per heavy atom. The molecule has 0 heterocycles. The maximum absolute atomic E-state index is 6.19. The molecule has 3 fully saturated rings. The van der Waals surface area contributed by atoms with Crippen LogP contribution in [0.5, 0.6) is 0 Å². The number of hydrogen-bond donors (Lipinski definition) is 0. The molecule has 0 nitrogen and oxygen atoms in total. The maximum Gasteiger partial charge on any atom is 0.0453 e. The molecule has 3 saturated carbocycles. The van der Waals surface area contributed by atoms with E-state index in [1.54, 1.807) is 0 Å². The van der Waals surface area contributed by atoms with Crippen molar-refractivity contribution in [2.75, 3.05) is 5.88 Å². The molecule has 3 aliphatic carbocycles. The van der Waals surface area contributed by atoms with Gasteiger partial charge in [0.25, 0.3) is 0 Å². The van der Waals surface area contributed by atoms with E-state index >= 15 is 0 Å². The molecule has 16 heavy (non-hydrogen) atoms. The summed E-state index contributed by atoms with van der Waals surface area (Å²) >= 11 is 18.3. The van der Waals surface area contributed by atoms with Gasteiger partial charge in [-0.1, -0.05) is 29.3 Å². The Morgan fingerprint density at radius 3 is 2.06 bits per heavy atom. The molecule has 0 atom stereocenters. The third-order valence-electron chi connectivity index (χ3n) is 4.15. The minimum absolute atomic E-state index is 0.462. The topological polar surface area (TPSA) is 0 Å². The van der Waals surface area contributed by atoms with Crippen LogP contribution in [0.15, 0.2) is 18.2 Å². The smallest absolute Gasteiger partial charge is 0.0453 e. The standard InChI is InChI=1S/C13H13Cl3/c14-8-13-5-12(6-13,7-13)4-9-10(15)2-1-3-11(9)16/h1-3H,4-8H2. The molecule has 1 aromatic rings. The SMILES string of the molecule is ClCC12CC(Cc3c(Cl)cccc3Cl)(C1)C2. The second kappa shape index (κ2) is 3.54. The Bertz CT molecular complexity index is 399. The summed E-state index contributed by atoms with van der Waals surface area (Å²) in [5.74, 6) is 0.811. The van der Waals surface area contributed by atoms with Gasteiger partial charge in [-0.3, -0.25) is 0 Å². The van der Waals surface area contributed by atoms with Gasteiger partial charge in [0.2, 0.25) is 0 Å². The summed E-state index contributed by atoms with van der Waals surface area (Å²) in [4.78, 5) is 0. The minimum atomic E-state index is 0.462. The lowest BCUT2D eigenvalue weighted by atomic mass is 9.34. The molecule has 2 bridgehead atoms. The minimum Gasteiger partial charge on any atom is -0.126 e. The normalized spacial score (nSPS) is 35.4. The van der Waals surface area contributed by atoms with Crippen molar-refractivity contribution in [1.82, 2.24) is 0 Å². The van der Waals surface area contributed by atoms with Gasteiger partial charge in [-0.25, -0.2) is 0 Å². The Morgan fingerprint density at radius 2 is 1.56 bits per heavy atom. The van der Waals surface area contributed by atoms with Crippen LogP contribution < -0.4 is 0 Å². The molecule has 0 aliphatic heterocycles. The Balaban J connectivity index is 1.78. The lowest BCUT2D eigenvalue weighted by molar-refractivity contribution is -0.186. The summed E-state index contributed by atoms with van der Waals surface area (Å²) in [6.45, 7) is 0. The average Bonchev–Trinajstić information content (AvgIpc) is 2.13. The fourth-order valence-electron chi connectivity index (χ4n) is 3.64. The van der Waals surface area contributed by atoms with Gasteiger partial charge in [-0.05, 0) is 54.2 Å². The third-order valence-corrected chi connectivity index (χ3v) is 5.42. The van der Waals surface area contributed by atoms with Gasteiger partial charge in [0.05, 0.1) is 0 Å². The van der Waals surface area contributed by atoms with Crippen molar-refractivity contribution in [2.24, 2.45) is 10.8 Å². The van der Waals surface area contributed by atoms with Gasteiger partial charge < -0.3 is 0 Å². The van der Waals surface area contributed by atoms with Gasteiger partial charge >= 0.3 is 0 Å². The summed E-state index contributed by atoms with van der Waals surface area (Å²) in [5.41, 5.74) is 2.05. The van der Waals surface area contributed by atoms with Crippen LogP contribution in [0.4, 0.5) is 0 Å². The lowest BCUT2D eigenvalue weighted by Crippen LogP contribution is -2.63. The van der Waals surface area contributed by atoms with E-state index in [-0.39, 0.29) is 0 Å². The molecular weight excluding hydrogens is 263 g/mol. The van der Waals surface area contributed by atoms with E-state index in [9.17, 15) is 0 Å². The van der Waals surface area contributed by atoms with E-state index in [4.69, 9.17) is 34.8 Å². The highest BCUT2D eigenvalue weighted by Crippen LogP contribution is 2.74. The van der Waals surface area contributed by atoms with Gasteiger partial charge in [0, 0.05) is 15.9 Å². The van der Waals surface area contributed by atoms with Crippen LogP contribution in [0.2, 0.25) is 10.0 Å². The zero-order valence-electron chi connectivity index (χ0n) is 8.90. The Hall–Kier alpha value is 0.0900. The van der Waals surface area contributed by atoms with Crippen molar-refractivity contribution in [3.8, 4) is 0 Å². The summed E-state index contributed by atoms with van der Waals surface area (Å²) in [5, 5.41) is 1.61. The van der Waals surface area contributed by atoms with E-state index in [1.165, 1.54) is 19.3 Å². The number of halogens is 3. The Labute approximate surface area is 111 Å². The first-order valence-corrected chi connectivity index (χ1v) is 6.86. The van der Waals surface area contributed by atoms with Crippen LogP contribution in [0.1, 0.15) is 24.8 Å². The fourth-order valence-corrected chi connectivity index (χ4v) is 4.45. The van der Waals surface area contributed by atoms with Gasteiger partial charge in [0.15, 0.2) is 0 Å². The van der Waals surface area contributed by atoms with Gasteiger partial charge in [-0.2, -0.15) is 0 Å². The Kier molecular flexibility index (Phi) is 2.48. The van der Waals surface area contributed by atoms with Crippen molar-refractivity contribution in [3.05, 3.63) is 33.8 Å². The second-order valence-corrected chi connectivity index (χ2v) is 6.62. The molecular formula is C13H13Cl3. The molecule has 0 amide bonds. The molecule has 0 spiro atoms. The van der Waals surface area contributed by atoms with E-state index in [0.717, 1.165) is 27.9 Å². The predicted octanol–water partition coefficient (Wildman–Crippen LogP) is 4.95. The van der Waals surface area contributed by atoms with Crippen molar-refractivity contribution < 1.29 is 0 Å². The van der Waals surface area contributed by atoms with Gasteiger partial charge in [-0.15, -0.1) is 11.6 Å². The zero-order valence-corrected chi connectivity index (χ0v) is 11.2. The van der Waals surface area contributed by atoms with E-state index in [2.05, 4.69) is 0 Å². The van der Waals surface area contributed by atoms with Crippen molar-refractivity contribution in [1.29, 1.82) is 0 Å². The largest absolute Gasteiger partial charge is 0.126 e. The molecule has 1 aromatic carbocycles. The molecule has 3 aliphatic rings. The van der Waals surface area contributed by atoms with Crippen LogP contribution in [-0.4, -0.2) is 5.88 Å². The molecule has 3 heteroatoms. The third kappa shape index (κ3) is 1.50. The summed E-state index contributed by atoms with van der Waals surface area (Å²) < 4.78 is 0. The first kappa shape index (κ1) is 11.2. The fraction of sp³-hybridized carbons (Fsp3) is 0.538. The number of rotatable bonds is 3. The van der Waals surface area contributed by atoms with Crippen molar-refractivity contribution in [2.45, 2.75) is 25.7 Å². The molecule has 0 radical (unpaired) electrons. The number of benzene rings is 1. The van der Waals surface area contributed by atoms with Crippen LogP contribution >= 0.6 is 34.8 Å². The van der Waals surface area contributed by atoms with Crippen LogP contribution in [0.25, 0.3) is 0 Å². The highest BCUT2D eigenvalue weighted by molar-refractivity contribution is 6.36. The highest BCUT2D eigenvalue weighted by atomic mass is 35.5. The van der Waals surface area contributed by atoms with Gasteiger partial charge in [0.1, 0.15) is 0 Å². The monoisotopic (exact) mass is 274 g/mol. The average molecular weight is 276 g/mol. The molecule has 4 rings (SSSR count). The molecule has 0 saturated heterocycles. The molecule has 86 valence electrons. The van der Waals surface area contributed by atoms with Crippen LogP contribution in [0.3, 0.4) is 0 Å². The van der Waals surface area contributed by atoms with Crippen molar-refractivity contribution >= 4 is 34.8 Å². The van der Waals surface area contributed by atoms with Crippen LogP contribution in [0, 0.1) is 10.8 Å². The van der Waals surface area contributed by atoms with E-state index < -0.39 is 0 Å². The summed E-state index contributed by atoms with van der Waals surface area (Å²) in [6, 6.07) is 5.74. The number of alkyl halides is 1. The van der Waals surface area contributed by atoms with E-state index in [0.29, 0.717) is 10.8 Å². The predicted molar refractivity (Wildman–Crippen MR) is 69.6 cm³/mol. The lowest BCUT2D eigenvalue weighted by Gasteiger charge is -2.71. The van der Waals surface area contributed by atoms with Crippen LogP contribution in [-0.2, 0) is 6.42 Å². The quantitative estimate of drug-likeness (QED) is 0.685. The maximum atomic E-state index is 6.19. The first-order valence-electron chi connectivity index (χ1n) is 5.57. The molecule has 0 unspecified atom stereocenters. The zero-order chi connectivity index (χ0) is 11.4. The van der Waals surface area contributed by atoms with E-state index in [1.807, 2.05) is 18.2 Å². The second-order valence-electron chi connectivity index (χ2n) is 5.54. The highest BCUT2D eigenvalue weighted by Gasteiger charge is 2.66. The van der Waals surface area contributed by atoms with Crippen molar-refractivity contribution in [3.63, 3.8) is 0 Å². The molecule has 0 aromatic heterocycles. The molecule has 0 N–H and O–H groups in total. The number of hydrogen-bond acceptors (Lipinski definition) is 0. The summed E-state index contributed by atoms with van der Waals surface area (Å²) in [6.07, 6.45) is 4.78. The first-order chi connectivity index (χ1) is 7.58.